The summed E-state index contributed by atoms with van der Waals surface area (Å²) in [5.74, 6) is 0. The maximum atomic E-state index is 2.37. The molecule has 0 N–H and O–H groups in total. The van der Waals surface area contributed by atoms with Crippen LogP contribution in [0, 0.1) is 6.92 Å². The molecule has 1 aromatic rings. The number of nitrogens with zero attached hydrogens (tertiary/aromatic N) is 1. The van der Waals surface area contributed by atoms with Gasteiger partial charge >= 0.3 is 0 Å². The number of hydrogen-bond acceptors (Lipinski definition) is 0. The predicted octanol–water partition coefficient (Wildman–Crippen LogP) is 2.18. The van der Waals surface area contributed by atoms with Crippen molar-refractivity contribution in [1.82, 2.24) is 0 Å². The molecule has 0 atom stereocenters. The molecule has 1 heterocycles. The highest BCUT2D eigenvalue weighted by molar-refractivity contribution is 5.25. The minimum absolute atomic E-state index is 1.10. The standard InChI is InChI=1S/C12H18N/c1-3-13-9-12-7-5-4-6-11(12)8-10(13)2/h8-9H,3-7H2,1-2H3/q+1. The van der Waals surface area contributed by atoms with Gasteiger partial charge in [0.25, 0.3) is 0 Å². The summed E-state index contributed by atoms with van der Waals surface area (Å²) in [5.41, 5.74) is 4.58. The maximum absolute atomic E-state index is 2.37. The van der Waals surface area contributed by atoms with Gasteiger partial charge < -0.3 is 0 Å². The quantitative estimate of drug-likeness (QED) is 0.577. The van der Waals surface area contributed by atoms with Crippen LogP contribution in [0.15, 0.2) is 12.3 Å². The van der Waals surface area contributed by atoms with Crippen molar-refractivity contribution >= 4 is 0 Å². The molecule has 1 aliphatic carbocycles. The second kappa shape index (κ2) is 3.49. The van der Waals surface area contributed by atoms with Crippen LogP contribution in [0.4, 0.5) is 0 Å². The maximum Gasteiger partial charge on any atom is 0.178 e. The van der Waals surface area contributed by atoms with Crippen LogP contribution in [-0.4, -0.2) is 0 Å². The molecule has 0 aromatic carbocycles. The third-order valence-corrected chi connectivity index (χ3v) is 3.04. The van der Waals surface area contributed by atoms with Crippen molar-refractivity contribution in [2.24, 2.45) is 0 Å². The first-order valence-electron chi connectivity index (χ1n) is 5.33. The van der Waals surface area contributed by atoms with Gasteiger partial charge in [-0.3, -0.25) is 0 Å². The average molecular weight is 176 g/mol. The molecule has 70 valence electrons. The minimum atomic E-state index is 1.10. The molecular weight excluding hydrogens is 158 g/mol. The van der Waals surface area contributed by atoms with Crippen LogP contribution < -0.4 is 4.57 Å². The second-order valence-electron chi connectivity index (χ2n) is 3.96. The second-order valence-corrected chi connectivity index (χ2v) is 3.96. The Hall–Kier alpha value is -0.850. The van der Waals surface area contributed by atoms with E-state index in [0.29, 0.717) is 0 Å². The number of aryl methyl sites for hydroxylation is 4. The molecular formula is C12H18N+. The van der Waals surface area contributed by atoms with E-state index < -0.39 is 0 Å². The number of rotatable bonds is 1. The highest BCUT2D eigenvalue weighted by Gasteiger charge is 2.15. The van der Waals surface area contributed by atoms with Crippen molar-refractivity contribution in [2.45, 2.75) is 46.1 Å². The molecule has 0 saturated carbocycles. The first-order chi connectivity index (χ1) is 6.31. The van der Waals surface area contributed by atoms with E-state index in [9.17, 15) is 0 Å². The van der Waals surface area contributed by atoms with Gasteiger partial charge in [-0.2, -0.15) is 0 Å². The number of aromatic nitrogens is 1. The van der Waals surface area contributed by atoms with E-state index in [1.807, 2.05) is 0 Å². The van der Waals surface area contributed by atoms with Crippen molar-refractivity contribution < 1.29 is 4.57 Å². The molecule has 2 rings (SSSR count). The lowest BCUT2D eigenvalue weighted by Crippen LogP contribution is -2.36. The zero-order valence-electron chi connectivity index (χ0n) is 8.64. The molecule has 1 aliphatic rings. The number of fused-ring (bicyclic) bond motifs is 1. The molecule has 1 heteroatoms. The molecule has 0 radical (unpaired) electrons. The largest absolute Gasteiger partial charge is 0.203 e. The molecule has 0 unspecified atom stereocenters. The zero-order chi connectivity index (χ0) is 9.26. The molecule has 13 heavy (non-hydrogen) atoms. The number of hydrogen-bond donors (Lipinski definition) is 0. The van der Waals surface area contributed by atoms with Gasteiger partial charge in [-0.25, -0.2) is 4.57 Å². The van der Waals surface area contributed by atoms with Crippen molar-refractivity contribution in [1.29, 1.82) is 0 Å². The topological polar surface area (TPSA) is 3.88 Å². The summed E-state index contributed by atoms with van der Waals surface area (Å²) in [6, 6.07) is 2.37. The van der Waals surface area contributed by atoms with Gasteiger partial charge in [0.15, 0.2) is 11.9 Å². The number of pyridine rings is 1. The Labute approximate surface area is 80.4 Å². The van der Waals surface area contributed by atoms with Crippen LogP contribution in [0.2, 0.25) is 0 Å². The van der Waals surface area contributed by atoms with E-state index in [2.05, 4.69) is 30.7 Å². The summed E-state index contributed by atoms with van der Waals surface area (Å²) in [6.07, 6.45) is 7.68. The van der Waals surface area contributed by atoms with Crippen LogP contribution in [0.25, 0.3) is 0 Å². The van der Waals surface area contributed by atoms with Crippen molar-refractivity contribution in [2.75, 3.05) is 0 Å². The Morgan fingerprint density at radius 3 is 2.62 bits per heavy atom. The van der Waals surface area contributed by atoms with Gasteiger partial charge in [0.2, 0.25) is 0 Å². The first-order valence-corrected chi connectivity index (χ1v) is 5.33. The molecule has 0 saturated heterocycles. The lowest BCUT2D eigenvalue weighted by molar-refractivity contribution is -0.699. The van der Waals surface area contributed by atoms with E-state index in [1.165, 1.54) is 31.4 Å². The Kier molecular flexibility index (Phi) is 2.34. The summed E-state index contributed by atoms with van der Waals surface area (Å²) >= 11 is 0. The Bertz CT molecular complexity index is 315. The van der Waals surface area contributed by atoms with Crippen molar-refractivity contribution in [3.63, 3.8) is 0 Å². The van der Waals surface area contributed by atoms with E-state index in [1.54, 1.807) is 11.1 Å². The van der Waals surface area contributed by atoms with Gasteiger partial charge in [-0.05, 0) is 38.2 Å². The van der Waals surface area contributed by atoms with Gasteiger partial charge in [0.05, 0.1) is 0 Å². The minimum Gasteiger partial charge on any atom is -0.203 e. The lowest BCUT2D eigenvalue weighted by atomic mass is 9.93. The summed E-state index contributed by atoms with van der Waals surface area (Å²) in [5, 5.41) is 0. The summed E-state index contributed by atoms with van der Waals surface area (Å²) in [6.45, 7) is 5.51. The molecule has 1 nitrogen and oxygen atoms in total. The summed E-state index contributed by atoms with van der Waals surface area (Å²) in [7, 11) is 0. The third kappa shape index (κ3) is 1.60. The Balaban J connectivity index is 2.44. The van der Waals surface area contributed by atoms with Crippen LogP contribution in [0.1, 0.15) is 36.6 Å². The predicted molar refractivity (Wildman–Crippen MR) is 53.7 cm³/mol. The zero-order valence-corrected chi connectivity index (χ0v) is 8.64. The molecule has 0 aliphatic heterocycles. The van der Waals surface area contributed by atoms with Crippen LogP contribution in [-0.2, 0) is 19.4 Å². The normalized spacial score (nSPS) is 15.5. The fraction of sp³-hybridized carbons (Fsp3) is 0.583. The first kappa shape index (κ1) is 8.74. The molecule has 0 amide bonds. The molecule has 0 spiro atoms. The Morgan fingerprint density at radius 2 is 1.92 bits per heavy atom. The van der Waals surface area contributed by atoms with Crippen LogP contribution in [0.5, 0.6) is 0 Å². The van der Waals surface area contributed by atoms with Gasteiger partial charge in [-0.1, -0.05) is 0 Å². The summed E-state index contributed by atoms with van der Waals surface area (Å²) < 4.78 is 2.35. The highest BCUT2D eigenvalue weighted by atomic mass is 14.9. The SMILES string of the molecule is CC[n+]1cc2c(cc1C)CCCC2. The molecule has 0 fully saturated rings. The van der Waals surface area contributed by atoms with Gasteiger partial charge in [0.1, 0.15) is 6.54 Å². The van der Waals surface area contributed by atoms with Crippen LogP contribution in [0.3, 0.4) is 0 Å². The molecule has 1 aromatic heterocycles. The van der Waals surface area contributed by atoms with Crippen LogP contribution >= 0.6 is 0 Å². The molecule has 0 bridgehead atoms. The lowest BCUT2D eigenvalue weighted by Gasteiger charge is -2.14. The monoisotopic (exact) mass is 176 g/mol. The van der Waals surface area contributed by atoms with Crippen molar-refractivity contribution in [3.8, 4) is 0 Å². The van der Waals surface area contributed by atoms with E-state index in [0.717, 1.165) is 6.54 Å². The smallest absolute Gasteiger partial charge is 0.178 e. The fourth-order valence-electron chi connectivity index (χ4n) is 2.23. The van der Waals surface area contributed by atoms with Gasteiger partial charge in [-0.15, -0.1) is 0 Å². The van der Waals surface area contributed by atoms with E-state index in [-0.39, 0.29) is 0 Å². The third-order valence-electron chi connectivity index (χ3n) is 3.04. The van der Waals surface area contributed by atoms with E-state index in [4.69, 9.17) is 0 Å². The fourth-order valence-corrected chi connectivity index (χ4v) is 2.23. The summed E-state index contributed by atoms with van der Waals surface area (Å²) in [4.78, 5) is 0. The van der Waals surface area contributed by atoms with Gasteiger partial charge in [0, 0.05) is 18.6 Å². The van der Waals surface area contributed by atoms with Crippen molar-refractivity contribution in [3.05, 3.63) is 29.1 Å². The van der Waals surface area contributed by atoms with E-state index >= 15 is 0 Å². The average Bonchev–Trinajstić information content (AvgIpc) is 2.17. The Morgan fingerprint density at radius 1 is 1.23 bits per heavy atom. The highest BCUT2D eigenvalue weighted by Crippen LogP contribution is 2.19.